The third-order valence-corrected chi connectivity index (χ3v) is 6.20. The summed E-state index contributed by atoms with van der Waals surface area (Å²) in [6, 6.07) is 10.2. The molecule has 3 aliphatic rings. The Bertz CT molecular complexity index is 625. The van der Waals surface area contributed by atoms with Crippen LogP contribution >= 0.6 is 0 Å². The van der Waals surface area contributed by atoms with Crippen molar-refractivity contribution in [3.05, 3.63) is 30.3 Å². The monoisotopic (exact) mass is 328 g/mol. The second kappa shape index (κ2) is 6.11. The van der Waals surface area contributed by atoms with Gasteiger partial charge in [0.05, 0.1) is 11.8 Å². The molecule has 1 aromatic carbocycles. The molecule has 3 fully saturated rings. The van der Waals surface area contributed by atoms with Gasteiger partial charge < -0.3 is 14.9 Å². The van der Waals surface area contributed by atoms with E-state index in [2.05, 4.69) is 17.0 Å². The predicted molar refractivity (Wildman–Crippen MR) is 90.7 cm³/mol. The Balaban J connectivity index is 1.42. The summed E-state index contributed by atoms with van der Waals surface area (Å²) in [6.07, 6.45) is 2.93. The lowest BCUT2D eigenvalue weighted by molar-refractivity contribution is -0.153. The van der Waals surface area contributed by atoms with E-state index >= 15 is 0 Å². The van der Waals surface area contributed by atoms with Crippen LogP contribution in [0.5, 0.6) is 0 Å². The van der Waals surface area contributed by atoms with Gasteiger partial charge in [0.1, 0.15) is 0 Å². The van der Waals surface area contributed by atoms with Gasteiger partial charge in [0.2, 0.25) is 5.91 Å². The minimum atomic E-state index is -0.775. The molecule has 2 bridgehead atoms. The van der Waals surface area contributed by atoms with Crippen LogP contribution in [0.4, 0.5) is 5.69 Å². The van der Waals surface area contributed by atoms with Gasteiger partial charge in [0, 0.05) is 31.9 Å². The van der Waals surface area contributed by atoms with Gasteiger partial charge in [0.25, 0.3) is 0 Å². The van der Waals surface area contributed by atoms with Gasteiger partial charge in [-0.3, -0.25) is 9.59 Å². The first-order valence-electron chi connectivity index (χ1n) is 8.97. The third-order valence-electron chi connectivity index (χ3n) is 6.20. The highest BCUT2D eigenvalue weighted by molar-refractivity contribution is 5.86. The molecule has 2 saturated carbocycles. The highest BCUT2D eigenvalue weighted by atomic mass is 16.4. The van der Waals surface area contributed by atoms with Crippen LogP contribution in [0.15, 0.2) is 30.3 Å². The average Bonchev–Trinajstić information content (AvgIpc) is 3.23. The summed E-state index contributed by atoms with van der Waals surface area (Å²) < 4.78 is 0. The molecule has 1 amide bonds. The van der Waals surface area contributed by atoms with Gasteiger partial charge in [-0.25, -0.2) is 0 Å². The highest BCUT2D eigenvalue weighted by Crippen LogP contribution is 2.53. The first-order chi connectivity index (χ1) is 11.6. The molecule has 4 rings (SSSR count). The van der Waals surface area contributed by atoms with E-state index in [-0.39, 0.29) is 23.7 Å². The van der Waals surface area contributed by atoms with Crippen molar-refractivity contribution in [1.29, 1.82) is 0 Å². The first kappa shape index (κ1) is 15.5. The largest absolute Gasteiger partial charge is 0.481 e. The van der Waals surface area contributed by atoms with Gasteiger partial charge in [-0.05, 0) is 43.2 Å². The molecular weight excluding hydrogens is 304 g/mol. The molecule has 5 nitrogen and oxygen atoms in total. The molecule has 1 saturated heterocycles. The molecule has 2 aliphatic carbocycles. The molecular formula is C19H24N2O3. The van der Waals surface area contributed by atoms with E-state index in [1.807, 2.05) is 23.1 Å². The fourth-order valence-electron chi connectivity index (χ4n) is 5.04. The molecule has 24 heavy (non-hydrogen) atoms. The number of rotatable bonds is 3. The number of hydrogen-bond donors (Lipinski definition) is 1. The van der Waals surface area contributed by atoms with Crippen molar-refractivity contribution in [2.45, 2.75) is 19.3 Å². The number of carboxylic acid groups (broad SMARTS) is 1. The molecule has 0 spiro atoms. The summed E-state index contributed by atoms with van der Waals surface area (Å²) in [5, 5.41) is 9.56. The van der Waals surface area contributed by atoms with E-state index in [0.29, 0.717) is 13.1 Å². The zero-order chi connectivity index (χ0) is 16.7. The molecule has 0 aromatic heterocycles. The lowest BCUT2D eigenvalue weighted by atomic mass is 9.78. The summed E-state index contributed by atoms with van der Waals surface area (Å²) in [5.74, 6) is -0.929. The second-order valence-electron chi connectivity index (χ2n) is 7.37. The van der Waals surface area contributed by atoms with Crippen molar-refractivity contribution in [3.8, 4) is 0 Å². The second-order valence-corrected chi connectivity index (χ2v) is 7.37. The Morgan fingerprint density at radius 1 is 0.917 bits per heavy atom. The molecule has 4 atom stereocenters. The van der Waals surface area contributed by atoms with Crippen molar-refractivity contribution in [2.75, 3.05) is 31.1 Å². The number of piperazine rings is 1. The molecule has 5 heteroatoms. The maximum Gasteiger partial charge on any atom is 0.307 e. The summed E-state index contributed by atoms with van der Waals surface area (Å²) in [7, 11) is 0. The molecule has 1 aromatic rings. The number of benzene rings is 1. The number of nitrogens with zero attached hydrogens (tertiary/aromatic N) is 2. The number of hydrogen-bond acceptors (Lipinski definition) is 3. The van der Waals surface area contributed by atoms with Crippen LogP contribution in [-0.2, 0) is 9.59 Å². The fraction of sp³-hybridized carbons (Fsp3) is 0.579. The zero-order valence-corrected chi connectivity index (χ0v) is 13.8. The minimum Gasteiger partial charge on any atom is -0.481 e. The Morgan fingerprint density at radius 3 is 2.17 bits per heavy atom. The van der Waals surface area contributed by atoms with Crippen LogP contribution in [0.2, 0.25) is 0 Å². The lowest BCUT2D eigenvalue weighted by Gasteiger charge is -2.39. The number of fused-ring (bicyclic) bond motifs is 2. The van der Waals surface area contributed by atoms with E-state index < -0.39 is 11.9 Å². The normalized spacial score (nSPS) is 32.2. The Labute approximate surface area is 142 Å². The third kappa shape index (κ3) is 2.56. The van der Waals surface area contributed by atoms with Crippen molar-refractivity contribution in [1.82, 2.24) is 4.90 Å². The topological polar surface area (TPSA) is 60.9 Å². The predicted octanol–water partition coefficient (Wildman–Crippen LogP) is 2.08. The highest BCUT2D eigenvalue weighted by Gasteiger charge is 2.54. The molecule has 1 heterocycles. The Hall–Kier alpha value is -2.04. The maximum atomic E-state index is 13.0. The zero-order valence-electron chi connectivity index (χ0n) is 13.8. The van der Waals surface area contributed by atoms with Crippen molar-refractivity contribution >= 4 is 17.6 Å². The average molecular weight is 328 g/mol. The van der Waals surface area contributed by atoms with Crippen LogP contribution in [0.25, 0.3) is 0 Å². The van der Waals surface area contributed by atoms with Gasteiger partial charge in [-0.15, -0.1) is 0 Å². The summed E-state index contributed by atoms with van der Waals surface area (Å²) >= 11 is 0. The Morgan fingerprint density at radius 2 is 1.54 bits per heavy atom. The van der Waals surface area contributed by atoms with E-state index in [4.69, 9.17) is 0 Å². The van der Waals surface area contributed by atoms with Crippen molar-refractivity contribution in [2.24, 2.45) is 23.7 Å². The lowest BCUT2D eigenvalue weighted by Crippen LogP contribution is -2.52. The number of aliphatic carboxylic acids is 1. The molecule has 1 N–H and O–H groups in total. The van der Waals surface area contributed by atoms with Crippen LogP contribution in [0, 0.1) is 23.7 Å². The standard InChI is InChI=1S/C19H24N2O3/c22-18(16-13-6-7-14(12-13)17(16)19(23)24)21-10-8-20(9-11-21)15-4-2-1-3-5-15/h1-5,13-14,16-17H,6-12H2,(H,23,24)/t13-,14-,16-,17+/m0/s1. The van der Waals surface area contributed by atoms with Crippen LogP contribution in [0.1, 0.15) is 19.3 Å². The number of carboxylic acids is 1. The van der Waals surface area contributed by atoms with Gasteiger partial charge in [-0.2, -0.15) is 0 Å². The maximum absolute atomic E-state index is 13.0. The van der Waals surface area contributed by atoms with Gasteiger partial charge >= 0.3 is 5.97 Å². The van der Waals surface area contributed by atoms with E-state index in [9.17, 15) is 14.7 Å². The number of para-hydroxylation sites is 1. The summed E-state index contributed by atoms with van der Waals surface area (Å²) in [4.78, 5) is 28.8. The van der Waals surface area contributed by atoms with Crippen molar-refractivity contribution in [3.63, 3.8) is 0 Å². The van der Waals surface area contributed by atoms with Gasteiger partial charge in [0.15, 0.2) is 0 Å². The fourth-order valence-corrected chi connectivity index (χ4v) is 5.04. The van der Waals surface area contributed by atoms with E-state index in [1.54, 1.807) is 0 Å². The summed E-state index contributed by atoms with van der Waals surface area (Å²) in [5.41, 5.74) is 1.19. The number of anilines is 1. The minimum absolute atomic E-state index is 0.0855. The SMILES string of the molecule is O=C(O)[C@@H]1[C@H]2CC[C@@H](C2)[C@@H]1C(=O)N1CCN(c2ccccc2)CC1. The number of carbonyl (C=O) groups is 2. The molecule has 0 unspecified atom stereocenters. The van der Waals surface area contributed by atoms with Crippen molar-refractivity contribution < 1.29 is 14.7 Å². The quantitative estimate of drug-likeness (QED) is 0.923. The van der Waals surface area contributed by atoms with E-state index in [0.717, 1.165) is 32.4 Å². The summed E-state index contributed by atoms with van der Waals surface area (Å²) in [6.45, 7) is 3.00. The van der Waals surface area contributed by atoms with Crippen LogP contribution in [-0.4, -0.2) is 48.1 Å². The first-order valence-corrected chi connectivity index (χ1v) is 8.97. The molecule has 0 radical (unpaired) electrons. The molecule has 1 aliphatic heterocycles. The van der Waals surface area contributed by atoms with Crippen LogP contribution < -0.4 is 4.90 Å². The van der Waals surface area contributed by atoms with Gasteiger partial charge in [-0.1, -0.05) is 18.2 Å². The van der Waals surface area contributed by atoms with Crippen LogP contribution in [0.3, 0.4) is 0 Å². The number of amides is 1. The molecule has 128 valence electrons. The number of carbonyl (C=O) groups excluding carboxylic acids is 1. The van der Waals surface area contributed by atoms with E-state index in [1.165, 1.54) is 5.69 Å². The smallest absolute Gasteiger partial charge is 0.307 e. The Kier molecular flexibility index (Phi) is 3.94.